The van der Waals surface area contributed by atoms with Gasteiger partial charge in [0.2, 0.25) is 5.91 Å². The first-order valence-corrected chi connectivity index (χ1v) is 13.0. The van der Waals surface area contributed by atoms with Crippen molar-refractivity contribution < 1.29 is 9.59 Å². The number of hydrogen-bond donors (Lipinski definition) is 1. The van der Waals surface area contributed by atoms with Crippen LogP contribution in [0.2, 0.25) is 0 Å². The van der Waals surface area contributed by atoms with Crippen molar-refractivity contribution in [3.63, 3.8) is 0 Å². The molecule has 7 heteroatoms. The van der Waals surface area contributed by atoms with Gasteiger partial charge in [-0.15, -0.1) is 22.7 Å². The van der Waals surface area contributed by atoms with Gasteiger partial charge in [-0.1, -0.05) is 36.4 Å². The minimum atomic E-state index is -0.134. The molecule has 2 aromatic carbocycles. The third-order valence-electron chi connectivity index (χ3n) is 6.07. The van der Waals surface area contributed by atoms with Crippen molar-refractivity contribution in [1.29, 1.82) is 0 Å². The third kappa shape index (κ3) is 4.95. The Hall–Kier alpha value is -3.29. The first-order chi connectivity index (χ1) is 16.6. The zero-order chi connectivity index (χ0) is 23.5. The third-order valence-corrected chi connectivity index (χ3v) is 7.99. The van der Waals surface area contributed by atoms with Gasteiger partial charge in [-0.2, -0.15) is 0 Å². The molecule has 1 aliphatic rings. The number of benzene rings is 2. The number of amides is 2. The number of hydrogen-bond acceptors (Lipinski definition) is 5. The summed E-state index contributed by atoms with van der Waals surface area (Å²) in [5.41, 5.74) is 5.30. The molecule has 0 saturated heterocycles. The van der Waals surface area contributed by atoms with Crippen LogP contribution >= 0.6 is 22.7 Å². The summed E-state index contributed by atoms with van der Waals surface area (Å²) in [7, 11) is 0. The van der Waals surface area contributed by atoms with Gasteiger partial charge in [0.05, 0.1) is 17.1 Å². The molecule has 0 radical (unpaired) electrons. The van der Waals surface area contributed by atoms with E-state index in [0.29, 0.717) is 17.8 Å². The number of carbonyl (C=O) groups excluding carboxylic acids is 2. The molecule has 1 aliphatic heterocycles. The van der Waals surface area contributed by atoms with Gasteiger partial charge in [-0.25, -0.2) is 4.98 Å². The van der Waals surface area contributed by atoms with Gasteiger partial charge in [0, 0.05) is 41.0 Å². The highest BCUT2D eigenvalue weighted by Crippen LogP contribution is 2.27. The molecule has 0 aliphatic carbocycles. The Balaban J connectivity index is 1.23. The second-order valence-electron chi connectivity index (χ2n) is 8.44. The Kier molecular flexibility index (Phi) is 6.56. The second-order valence-corrected chi connectivity index (χ2v) is 10.4. The lowest BCUT2D eigenvalue weighted by atomic mass is 10.0. The van der Waals surface area contributed by atoms with Gasteiger partial charge in [0.25, 0.3) is 5.91 Å². The van der Waals surface area contributed by atoms with Crippen LogP contribution in [0.15, 0.2) is 65.4 Å². The Morgan fingerprint density at radius 1 is 1.06 bits per heavy atom. The maximum Gasteiger partial charge on any atom is 0.254 e. The average molecular weight is 488 g/mol. The van der Waals surface area contributed by atoms with Crippen molar-refractivity contribution in [2.45, 2.75) is 32.7 Å². The fourth-order valence-corrected chi connectivity index (χ4v) is 5.95. The number of thiazole rings is 1. The number of rotatable bonds is 6. The SMILES string of the molecule is Cc1c(NC(=O)Cc2csc(Cc3ccccc3)n2)cccc1C(=O)N1CCc2sccc2C1. The molecule has 0 atom stereocenters. The van der Waals surface area contributed by atoms with E-state index in [4.69, 9.17) is 0 Å². The van der Waals surface area contributed by atoms with Crippen LogP contribution in [-0.2, 0) is 30.6 Å². The fraction of sp³-hybridized carbons (Fsp3) is 0.222. The number of nitrogens with one attached hydrogen (secondary N) is 1. The lowest BCUT2D eigenvalue weighted by Gasteiger charge is -2.28. The van der Waals surface area contributed by atoms with E-state index in [2.05, 4.69) is 33.9 Å². The molecule has 0 saturated carbocycles. The lowest BCUT2D eigenvalue weighted by Crippen LogP contribution is -2.35. The fourth-order valence-electron chi connectivity index (χ4n) is 4.24. The summed E-state index contributed by atoms with van der Waals surface area (Å²) < 4.78 is 0. The van der Waals surface area contributed by atoms with Crippen molar-refractivity contribution in [1.82, 2.24) is 9.88 Å². The smallest absolute Gasteiger partial charge is 0.254 e. The maximum absolute atomic E-state index is 13.2. The molecule has 5 rings (SSSR count). The number of fused-ring (bicyclic) bond motifs is 1. The molecular formula is C27H25N3O2S2. The molecule has 34 heavy (non-hydrogen) atoms. The van der Waals surface area contributed by atoms with Crippen LogP contribution in [0, 0.1) is 6.92 Å². The van der Waals surface area contributed by atoms with E-state index in [0.717, 1.165) is 35.7 Å². The highest BCUT2D eigenvalue weighted by molar-refractivity contribution is 7.10. The monoisotopic (exact) mass is 487 g/mol. The zero-order valence-corrected chi connectivity index (χ0v) is 20.5. The van der Waals surface area contributed by atoms with Gasteiger partial charge in [-0.3, -0.25) is 9.59 Å². The van der Waals surface area contributed by atoms with Gasteiger partial charge in [0.15, 0.2) is 0 Å². The molecular weight excluding hydrogens is 462 g/mol. The van der Waals surface area contributed by atoms with Crippen LogP contribution in [0.3, 0.4) is 0 Å². The maximum atomic E-state index is 13.2. The lowest BCUT2D eigenvalue weighted by molar-refractivity contribution is -0.115. The quantitative estimate of drug-likeness (QED) is 0.392. The number of thiophene rings is 1. The van der Waals surface area contributed by atoms with E-state index >= 15 is 0 Å². The van der Waals surface area contributed by atoms with Crippen LogP contribution in [-0.4, -0.2) is 28.2 Å². The number of aromatic nitrogens is 1. The molecule has 2 amide bonds. The second kappa shape index (κ2) is 9.91. The minimum absolute atomic E-state index is 0.00973. The zero-order valence-electron chi connectivity index (χ0n) is 18.9. The summed E-state index contributed by atoms with van der Waals surface area (Å²) in [6.07, 6.45) is 1.86. The first-order valence-electron chi connectivity index (χ1n) is 11.3. The van der Waals surface area contributed by atoms with Crippen LogP contribution in [0.25, 0.3) is 0 Å². The Bertz CT molecular complexity index is 1330. The molecule has 2 aromatic heterocycles. The standard InChI is InChI=1S/C27H25N3O2S2/c1-18-22(27(32)30-12-10-24-20(16-30)11-13-33-24)8-5-9-23(18)29-25(31)15-21-17-34-26(28-21)14-19-6-3-2-4-7-19/h2-9,11,13,17H,10,12,14-16H2,1H3,(H,29,31). The number of nitrogens with zero attached hydrogens (tertiary/aromatic N) is 2. The molecule has 0 bridgehead atoms. The van der Waals surface area contributed by atoms with E-state index in [1.54, 1.807) is 22.7 Å². The van der Waals surface area contributed by atoms with E-state index < -0.39 is 0 Å². The van der Waals surface area contributed by atoms with E-state index in [1.807, 2.05) is 53.6 Å². The summed E-state index contributed by atoms with van der Waals surface area (Å²) in [6.45, 7) is 3.25. The molecule has 1 N–H and O–H groups in total. The van der Waals surface area contributed by atoms with Crippen LogP contribution in [0.1, 0.15) is 42.6 Å². The minimum Gasteiger partial charge on any atom is -0.334 e. The van der Waals surface area contributed by atoms with Crippen LogP contribution in [0.5, 0.6) is 0 Å². The number of carbonyl (C=O) groups is 2. The molecule has 4 aromatic rings. The summed E-state index contributed by atoms with van der Waals surface area (Å²) in [6, 6.07) is 17.8. The Labute approximate surface area is 207 Å². The average Bonchev–Trinajstić information content (AvgIpc) is 3.49. The topological polar surface area (TPSA) is 62.3 Å². The van der Waals surface area contributed by atoms with Crippen molar-refractivity contribution in [2.75, 3.05) is 11.9 Å². The van der Waals surface area contributed by atoms with E-state index in [-0.39, 0.29) is 18.2 Å². The molecule has 0 unspecified atom stereocenters. The normalized spacial score (nSPS) is 12.9. The van der Waals surface area contributed by atoms with Gasteiger partial charge in [-0.05, 0) is 53.6 Å². The largest absolute Gasteiger partial charge is 0.334 e. The van der Waals surface area contributed by atoms with Crippen molar-refractivity contribution in [3.8, 4) is 0 Å². The van der Waals surface area contributed by atoms with E-state index in [1.165, 1.54) is 16.0 Å². The molecule has 172 valence electrons. The summed E-state index contributed by atoms with van der Waals surface area (Å²) >= 11 is 3.33. The van der Waals surface area contributed by atoms with E-state index in [9.17, 15) is 9.59 Å². The molecule has 5 nitrogen and oxygen atoms in total. The summed E-state index contributed by atoms with van der Waals surface area (Å²) in [4.78, 5) is 33.9. The van der Waals surface area contributed by atoms with Gasteiger partial charge in [0.1, 0.15) is 0 Å². The summed E-state index contributed by atoms with van der Waals surface area (Å²) in [5, 5.41) is 8.01. The highest BCUT2D eigenvalue weighted by Gasteiger charge is 2.24. The van der Waals surface area contributed by atoms with Crippen LogP contribution < -0.4 is 5.32 Å². The van der Waals surface area contributed by atoms with Crippen LogP contribution in [0.4, 0.5) is 5.69 Å². The highest BCUT2D eigenvalue weighted by atomic mass is 32.1. The first kappa shape index (κ1) is 22.5. The van der Waals surface area contributed by atoms with Crippen molar-refractivity contribution >= 4 is 40.2 Å². The number of anilines is 1. The molecule has 0 fully saturated rings. The Morgan fingerprint density at radius 2 is 1.91 bits per heavy atom. The Morgan fingerprint density at radius 3 is 2.76 bits per heavy atom. The summed E-state index contributed by atoms with van der Waals surface area (Å²) in [5.74, 6) is -0.124. The van der Waals surface area contributed by atoms with Gasteiger partial charge < -0.3 is 10.2 Å². The van der Waals surface area contributed by atoms with Crippen molar-refractivity contribution in [2.24, 2.45) is 0 Å². The van der Waals surface area contributed by atoms with Gasteiger partial charge >= 0.3 is 0 Å². The molecule has 0 spiro atoms. The predicted octanol–water partition coefficient (Wildman–Crippen LogP) is 5.48. The molecule has 3 heterocycles. The predicted molar refractivity (Wildman–Crippen MR) is 138 cm³/mol. The van der Waals surface area contributed by atoms with Crippen molar-refractivity contribution in [3.05, 3.63) is 103 Å².